The molecule has 1 aromatic heterocycles. The minimum Gasteiger partial charge on any atom is -0.300 e. The van der Waals surface area contributed by atoms with Crippen LogP contribution in [0.15, 0.2) is 12.3 Å². The van der Waals surface area contributed by atoms with Gasteiger partial charge in [0.25, 0.3) is 0 Å². The van der Waals surface area contributed by atoms with Gasteiger partial charge in [0.15, 0.2) is 0 Å². The van der Waals surface area contributed by atoms with Gasteiger partial charge >= 0.3 is 0 Å². The van der Waals surface area contributed by atoms with Crippen molar-refractivity contribution in [3.05, 3.63) is 18.0 Å². The molecule has 0 N–H and O–H groups in total. The van der Waals surface area contributed by atoms with Crippen LogP contribution in [0, 0.1) is 0 Å². The van der Waals surface area contributed by atoms with Crippen LogP contribution in [0.2, 0.25) is 0 Å². The van der Waals surface area contributed by atoms with Crippen LogP contribution >= 0.6 is 0 Å². The van der Waals surface area contributed by atoms with Gasteiger partial charge in [0.1, 0.15) is 5.78 Å². The minimum atomic E-state index is -0.0465. The van der Waals surface area contributed by atoms with E-state index in [9.17, 15) is 4.79 Å². The van der Waals surface area contributed by atoms with Crippen LogP contribution in [0.4, 0.5) is 0 Å². The van der Waals surface area contributed by atoms with Crippen molar-refractivity contribution in [2.75, 3.05) is 14.1 Å². The monoisotopic (exact) mass is 221 g/mol. The molecular weight excluding hydrogens is 202 g/mol. The summed E-state index contributed by atoms with van der Waals surface area (Å²) in [5.41, 5.74) is 1.04. The number of aryl methyl sites for hydroxylation is 1. The molecule has 16 heavy (non-hydrogen) atoms. The van der Waals surface area contributed by atoms with Crippen LogP contribution < -0.4 is 0 Å². The van der Waals surface area contributed by atoms with Crippen LogP contribution in [0.1, 0.15) is 31.4 Å². The van der Waals surface area contributed by atoms with Gasteiger partial charge < -0.3 is 0 Å². The van der Waals surface area contributed by atoms with Crippen molar-refractivity contribution in [3.8, 4) is 0 Å². The second kappa shape index (κ2) is 4.01. The summed E-state index contributed by atoms with van der Waals surface area (Å²) in [6, 6.07) is 2.07. The summed E-state index contributed by atoms with van der Waals surface area (Å²) < 4.78 is 1.83. The lowest BCUT2D eigenvalue weighted by molar-refractivity contribution is -0.122. The Balaban J connectivity index is 2.33. The van der Waals surface area contributed by atoms with Gasteiger partial charge in [-0.25, -0.2) is 0 Å². The third-order valence-corrected chi connectivity index (χ3v) is 3.68. The quantitative estimate of drug-likeness (QED) is 0.756. The summed E-state index contributed by atoms with van der Waals surface area (Å²) in [5.74, 6) is 0.383. The molecule has 1 fully saturated rings. The Morgan fingerprint density at radius 3 is 2.44 bits per heavy atom. The molecule has 0 amide bonds. The molecule has 1 saturated carbocycles. The molecular formula is C12H19N3O. The van der Waals surface area contributed by atoms with E-state index in [0.29, 0.717) is 18.6 Å². The first-order valence-electron chi connectivity index (χ1n) is 5.74. The molecule has 1 aromatic rings. The normalized spacial score (nSPS) is 20.4. The summed E-state index contributed by atoms with van der Waals surface area (Å²) in [6.07, 6.45) is 5.09. The number of Topliss-reactive ketones (excluding diaryl/α,β-unsaturated/α-hetero) is 1. The minimum absolute atomic E-state index is 0.0465. The smallest absolute Gasteiger partial charge is 0.133 e. The molecule has 88 valence electrons. The molecule has 2 rings (SSSR count). The highest BCUT2D eigenvalue weighted by Gasteiger charge is 2.40. The van der Waals surface area contributed by atoms with Crippen molar-refractivity contribution >= 4 is 5.78 Å². The Bertz CT molecular complexity index is 385. The van der Waals surface area contributed by atoms with Crippen LogP contribution in [-0.4, -0.2) is 34.6 Å². The first-order valence-corrected chi connectivity index (χ1v) is 5.74. The lowest BCUT2D eigenvalue weighted by Crippen LogP contribution is -2.45. The van der Waals surface area contributed by atoms with E-state index in [4.69, 9.17) is 0 Å². The number of aromatic nitrogens is 2. The highest BCUT2D eigenvalue weighted by Crippen LogP contribution is 2.38. The van der Waals surface area contributed by atoms with E-state index in [0.717, 1.165) is 18.5 Å². The van der Waals surface area contributed by atoms with Crippen molar-refractivity contribution < 1.29 is 4.79 Å². The number of nitrogens with zero attached hydrogens (tertiary/aromatic N) is 3. The second-order valence-electron chi connectivity index (χ2n) is 4.84. The summed E-state index contributed by atoms with van der Waals surface area (Å²) in [4.78, 5) is 13.6. The molecule has 0 saturated heterocycles. The van der Waals surface area contributed by atoms with Gasteiger partial charge in [0.2, 0.25) is 0 Å². The highest BCUT2D eigenvalue weighted by molar-refractivity contribution is 5.79. The number of hydrogen-bond acceptors (Lipinski definition) is 3. The van der Waals surface area contributed by atoms with Crippen molar-refractivity contribution in [2.24, 2.45) is 7.05 Å². The van der Waals surface area contributed by atoms with Crippen molar-refractivity contribution in [1.29, 1.82) is 0 Å². The molecule has 4 heteroatoms. The Morgan fingerprint density at radius 1 is 1.38 bits per heavy atom. The number of carbonyl (C=O) groups excluding carboxylic acids is 1. The Hall–Kier alpha value is -1.16. The van der Waals surface area contributed by atoms with Gasteiger partial charge in [-0.05, 0) is 33.0 Å². The molecule has 0 radical (unpaired) electrons. The fourth-order valence-corrected chi connectivity index (χ4v) is 2.54. The standard InChI is InChI=1S/C12H19N3O/c1-14(2)12(7-4-10(16)5-8-12)11-6-9-15(3)13-11/h6,9H,4-5,7-8H2,1-3H3. The summed E-state index contributed by atoms with van der Waals surface area (Å²) >= 11 is 0. The SMILES string of the molecule is CN(C)C1(c2ccn(C)n2)CCC(=O)CC1. The van der Waals surface area contributed by atoms with E-state index in [1.165, 1.54) is 0 Å². The van der Waals surface area contributed by atoms with Crippen molar-refractivity contribution in [2.45, 2.75) is 31.2 Å². The maximum Gasteiger partial charge on any atom is 0.133 e. The molecule has 0 unspecified atom stereocenters. The number of hydrogen-bond donors (Lipinski definition) is 0. The summed E-state index contributed by atoms with van der Waals surface area (Å²) in [5, 5.41) is 4.52. The molecule has 0 spiro atoms. The van der Waals surface area contributed by atoms with E-state index >= 15 is 0 Å². The Labute approximate surface area is 96.2 Å². The first-order chi connectivity index (χ1) is 7.54. The van der Waals surface area contributed by atoms with Crippen LogP contribution in [-0.2, 0) is 17.4 Å². The fraction of sp³-hybridized carbons (Fsp3) is 0.667. The van der Waals surface area contributed by atoms with Gasteiger partial charge in [-0.1, -0.05) is 0 Å². The number of rotatable bonds is 2. The fourth-order valence-electron chi connectivity index (χ4n) is 2.54. The zero-order valence-electron chi connectivity index (χ0n) is 10.2. The maximum absolute atomic E-state index is 11.4. The van der Waals surface area contributed by atoms with Crippen LogP contribution in [0.5, 0.6) is 0 Å². The van der Waals surface area contributed by atoms with E-state index in [-0.39, 0.29) is 5.54 Å². The predicted molar refractivity (Wildman–Crippen MR) is 62.0 cm³/mol. The van der Waals surface area contributed by atoms with Crippen LogP contribution in [0.3, 0.4) is 0 Å². The van der Waals surface area contributed by atoms with Gasteiger partial charge in [0.05, 0.1) is 11.2 Å². The third kappa shape index (κ3) is 1.78. The zero-order chi connectivity index (χ0) is 11.8. The average molecular weight is 221 g/mol. The van der Waals surface area contributed by atoms with E-state index in [1.807, 2.05) is 17.9 Å². The number of ketones is 1. The Kier molecular flexibility index (Phi) is 2.84. The maximum atomic E-state index is 11.4. The lowest BCUT2D eigenvalue weighted by Gasteiger charge is -2.41. The zero-order valence-corrected chi connectivity index (χ0v) is 10.2. The predicted octanol–water partition coefficient (Wildman–Crippen LogP) is 1.32. The Morgan fingerprint density at radius 2 is 2.00 bits per heavy atom. The lowest BCUT2D eigenvalue weighted by atomic mass is 9.78. The molecule has 0 bridgehead atoms. The summed E-state index contributed by atoms with van der Waals surface area (Å²) in [7, 11) is 6.08. The topological polar surface area (TPSA) is 38.1 Å². The van der Waals surface area contributed by atoms with E-state index in [2.05, 4.69) is 30.2 Å². The average Bonchev–Trinajstić information content (AvgIpc) is 2.66. The van der Waals surface area contributed by atoms with Crippen molar-refractivity contribution in [1.82, 2.24) is 14.7 Å². The molecule has 0 atom stereocenters. The first kappa shape index (κ1) is 11.3. The van der Waals surface area contributed by atoms with Gasteiger partial charge in [-0.15, -0.1) is 0 Å². The van der Waals surface area contributed by atoms with E-state index in [1.54, 1.807) is 0 Å². The molecule has 4 nitrogen and oxygen atoms in total. The van der Waals surface area contributed by atoms with Crippen molar-refractivity contribution in [3.63, 3.8) is 0 Å². The molecule has 0 aliphatic heterocycles. The number of carbonyl (C=O) groups is 1. The van der Waals surface area contributed by atoms with Gasteiger partial charge in [-0.3, -0.25) is 14.4 Å². The molecule has 1 aliphatic rings. The highest BCUT2D eigenvalue weighted by atomic mass is 16.1. The molecule has 1 aliphatic carbocycles. The van der Waals surface area contributed by atoms with Gasteiger partial charge in [-0.2, -0.15) is 5.10 Å². The third-order valence-electron chi connectivity index (χ3n) is 3.68. The van der Waals surface area contributed by atoms with Gasteiger partial charge in [0, 0.05) is 26.1 Å². The molecule has 1 heterocycles. The second-order valence-corrected chi connectivity index (χ2v) is 4.84. The molecule has 0 aromatic carbocycles. The van der Waals surface area contributed by atoms with E-state index < -0.39 is 0 Å². The summed E-state index contributed by atoms with van der Waals surface area (Å²) in [6.45, 7) is 0. The largest absolute Gasteiger partial charge is 0.300 e. The van der Waals surface area contributed by atoms with Crippen LogP contribution in [0.25, 0.3) is 0 Å².